The monoisotopic (exact) mass is 318 g/mol. The van der Waals surface area contributed by atoms with Crippen LogP contribution in [0.1, 0.15) is 43.2 Å². The van der Waals surface area contributed by atoms with Crippen LogP contribution in [-0.4, -0.2) is 12.6 Å². The zero-order valence-corrected chi connectivity index (χ0v) is 12.7. The van der Waals surface area contributed by atoms with Gasteiger partial charge in [0, 0.05) is 17.9 Å². The molecule has 3 rings (SSSR count). The molecule has 1 heterocycles. The Bertz CT molecular complexity index is 506. The first-order valence-corrected chi connectivity index (χ1v) is 8.31. The predicted molar refractivity (Wildman–Crippen MR) is 81.5 cm³/mol. The van der Waals surface area contributed by atoms with Gasteiger partial charge in [-0.3, -0.25) is 0 Å². The van der Waals surface area contributed by atoms with Crippen molar-refractivity contribution in [2.75, 3.05) is 11.4 Å². The fourth-order valence-corrected chi connectivity index (χ4v) is 4.11. The number of nitrogens with zero attached hydrogens (tertiary/aromatic N) is 2. The number of hydrogen-bond donors (Lipinski definition) is 0. The van der Waals surface area contributed by atoms with E-state index >= 15 is 0 Å². The first kappa shape index (κ1) is 13.0. The maximum atomic E-state index is 9.42. The van der Waals surface area contributed by atoms with Crippen molar-refractivity contribution in [2.45, 2.75) is 43.5 Å². The number of halogens is 1. The third-order valence-electron chi connectivity index (χ3n) is 4.64. The summed E-state index contributed by atoms with van der Waals surface area (Å²) in [7, 11) is 0. The first-order chi connectivity index (χ1) is 9.33. The molecule has 2 unspecified atom stereocenters. The van der Waals surface area contributed by atoms with Crippen LogP contribution < -0.4 is 4.90 Å². The van der Waals surface area contributed by atoms with E-state index in [2.05, 4.69) is 39.0 Å². The zero-order valence-electron chi connectivity index (χ0n) is 11.1. The summed E-state index contributed by atoms with van der Waals surface area (Å²) in [4.78, 5) is 2.51. The van der Waals surface area contributed by atoms with Gasteiger partial charge in [0.25, 0.3) is 0 Å². The molecule has 1 aliphatic heterocycles. The number of fused-ring (bicyclic) bond motifs is 1. The Kier molecular flexibility index (Phi) is 3.79. The van der Waals surface area contributed by atoms with E-state index in [0.29, 0.717) is 6.04 Å². The third kappa shape index (κ3) is 2.39. The number of rotatable bonds is 2. The van der Waals surface area contributed by atoms with Crippen LogP contribution in [0.3, 0.4) is 0 Å². The zero-order chi connectivity index (χ0) is 13.2. The first-order valence-electron chi connectivity index (χ1n) is 7.19. The molecule has 1 aliphatic carbocycles. The Morgan fingerprint density at radius 2 is 2.11 bits per heavy atom. The molecule has 0 amide bonds. The Morgan fingerprint density at radius 3 is 2.89 bits per heavy atom. The lowest BCUT2D eigenvalue weighted by Gasteiger charge is -2.40. The molecule has 2 fully saturated rings. The molecule has 1 saturated heterocycles. The van der Waals surface area contributed by atoms with Gasteiger partial charge in [-0.15, -0.1) is 0 Å². The summed E-state index contributed by atoms with van der Waals surface area (Å²) in [6, 6.07) is 9.38. The maximum Gasteiger partial charge on any atom is 0.101 e. The number of nitriles is 1. The number of hydrogen-bond acceptors (Lipinski definition) is 2. The molecule has 100 valence electrons. The van der Waals surface area contributed by atoms with Crippen LogP contribution in [0, 0.1) is 17.2 Å². The highest BCUT2D eigenvalue weighted by Gasteiger charge is 2.35. The summed E-state index contributed by atoms with van der Waals surface area (Å²) >= 11 is 3.46. The van der Waals surface area contributed by atoms with E-state index in [1.54, 1.807) is 0 Å². The van der Waals surface area contributed by atoms with Gasteiger partial charge in [-0.05, 0) is 49.3 Å². The quantitative estimate of drug-likeness (QED) is 0.763. The molecule has 0 spiro atoms. The third-order valence-corrected chi connectivity index (χ3v) is 5.29. The maximum absolute atomic E-state index is 9.42. The molecule has 3 heteroatoms. The van der Waals surface area contributed by atoms with E-state index in [1.165, 1.54) is 37.7 Å². The predicted octanol–water partition coefficient (Wildman–Crippen LogP) is 4.22. The SMILES string of the molecule is N#Cc1cc(CBr)ccc1N1CCCC2CCCC21. The van der Waals surface area contributed by atoms with E-state index in [0.717, 1.165) is 29.0 Å². The highest BCUT2D eigenvalue weighted by Crippen LogP contribution is 2.40. The van der Waals surface area contributed by atoms with Crippen molar-refractivity contribution in [3.8, 4) is 6.07 Å². The highest BCUT2D eigenvalue weighted by molar-refractivity contribution is 9.08. The molecule has 2 aliphatic rings. The van der Waals surface area contributed by atoms with Crippen LogP contribution in [0.15, 0.2) is 18.2 Å². The van der Waals surface area contributed by atoms with Gasteiger partial charge < -0.3 is 4.90 Å². The van der Waals surface area contributed by atoms with Crippen molar-refractivity contribution in [1.29, 1.82) is 5.26 Å². The standard InChI is InChI=1S/C16H19BrN2/c17-10-12-6-7-16(14(9-12)11-18)19-8-2-4-13-3-1-5-15(13)19/h6-7,9,13,15H,1-5,8,10H2. The van der Waals surface area contributed by atoms with Crippen molar-refractivity contribution in [3.05, 3.63) is 29.3 Å². The van der Waals surface area contributed by atoms with Crippen LogP contribution in [0.2, 0.25) is 0 Å². The van der Waals surface area contributed by atoms with Gasteiger partial charge in [-0.2, -0.15) is 5.26 Å². The minimum Gasteiger partial charge on any atom is -0.367 e. The van der Waals surface area contributed by atoms with Crippen molar-refractivity contribution < 1.29 is 0 Å². The van der Waals surface area contributed by atoms with Crippen LogP contribution in [-0.2, 0) is 5.33 Å². The van der Waals surface area contributed by atoms with E-state index in [1.807, 2.05) is 6.07 Å². The largest absolute Gasteiger partial charge is 0.367 e. The smallest absolute Gasteiger partial charge is 0.101 e. The van der Waals surface area contributed by atoms with Crippen molar-refractivity contribution >= 4 is 21.6 Å². The molecule has 1 aromatic rings. The summed E-state index contributed by atoms with van der Waals surface area (Å²) in [6.45, 7) is 1.11. The van der Waals surface area contributed by atoms with Gasteiger partial charge in [0.05, 0.1) is 11.3 Å². The Morgan fingerprint density at radius 1 is 1.26 bits per heavy atom. The van der Waals surface area contributed by atoms with E-state index in [9.17, 15) is 5.26 Å². The van der Waals surface area contributed by atoms with Crippen LogP contribution in [0.25, 0.3) is 0 Å². The molecule has 0 bridgehead atoms. The molecule has 0 radical (unpaired) electrons. The summed E-state index contributed by atoms with van der Waals surface area (Å²) in [5.74, 6) is 0.858. The van der Waals surface area contributed by atoms with Crippen molar-refractivity contribution in [3.63, 3.8) is 0 Å². The van der Waals surface area contributed by atoms with Crippen LogP contribution >= 0.6 is 15.9 Å². The number of anilines is 1. The Labute approximate surface area is 123 Å². The van der Waals surface area contributed by atoms with Gasteiger partial charge >= 0.3 is 0 Å². The minimum absolute atomic E-state index is 0.677. The number of alkyl halides is 1. The molecule has 1 saturated carbocycles. The Hall–Kier alpha value is -1.01. The summed E-state index contributed by atoms with van der Waals surface area (Å²) < 4.78 is 0. The molecule has 2 atom stereocenters. The van der Waals surface area contributed by atoms with Crippen LogP contribution in [0.5, 0.6) is 0 Å². The lowest BCUT2D eigenvalue weighted by atomic mass is 9.91. The van der Waals surface area contributed by atoms with Gasteiger partial charge in [-0.1, -0.05) is 28.4 Å². The van der Waals surface area contributed by atoms with E-state index < -0.39 is 0 Å². The molecule has 2 nitrogen and oxygen atoms in total. The molecular formula is C16H19BrN2. The number of piperidine rings is 1. The van der Waals surface area contributed by atoms with Gasteiger partial charge in [-0.25, -0.2) is 0 Å². The average molecular weight is 319 g/mol. The van der Waals surface area contributed by atoms with Crippen molar-refractivity contribution in [2.24, 2.45) is 5.92 Å². The number of benzene rings is 1. The van der Waals surface area contributed by atoms with E-state index in [4.69, 9.17) is 0 Å². The highest BCUT2D eigenvalue weighted by atomic mass is 79.9. The molecule has 0 N–H and O–H groups in total. The molecular weight excluding hydrogens is 300 g/mol. The fraction of sp³-hybridized carbons (Fsp3) is 0.562. The summed E-state index contributed by atoms with van der Waals surface area (Å²) in [5, 5.41) is 10.2. The summed E-state index contributed by atoms with van der Waals surface area (Å²) in [6.07, 6.45) is 6.68. The average Bonchev–Trinajstić information content (AvgIpc) is 2.95. The minimum atomic E-state index is 0.677. The van der Waals surface area contributed by atoms with Gasteiger partial charge in [0.1, 0.15) is 6.07 Å². The lowest BCUT2D eigenvalue weighted by Crippen LogP contribution is -2.43. The van der Waals surface area contributed by atoms with Gasteiger partial charge in [0.2, 0.25) is 0 Å². The second-order valence-corrected chi connectivity index (χ2v) is 6.25. The van der Waals surface area contributed by atoms with Gasteiger partial charge in [0.15, 0.2) is 0 Å². The van der Waals surface area contributed by atoms with Crippen LogP contribution in [0.4, 0.5) is 5.69 Å². The Balaban J connectivity index is 1.94. The fourth-order valence-electron chi connectivity index (χ4n) is 3.76. The topological polar surface area (TPSA) is 27.0 Å². The second-order valence-electron chi connectivity index (χ2n) is 5.69. The second kappa shape index (κ2) is 5.54. The molecule has 1 aromatic carbocycles. The van der Waals surface area contributed by atoms with Crippen molar-refractivity contribution in [1.82, 2.24) is 0 Å². The molecule has 0 aromatic heterocycles. The normalized spacial score (nSPS) is 26.0. The lowest BCUT2D eigenvalue weighted by molar-refractivity contribution is 0.362. The summed E-state index contributed by atoms with van der Waals surface area (Å²) in [5.41, 5.74) is 3.17. The molecule has 19 heavy (non-hydrogen) atoms. The van der Waals surface area contributed by atoms with E-state index in [-0.39, 0.29) is 0 Å².